The zero-order valence-electron chi connectivity index (χ0n) is 17.8. The third-order valence-corrected chi connectivity index (χ3v) is 6.95. The first-order chi connectivity index (χ1) is 15.5. The average molecular weight is 468 g/mol. The van der Waals surface area contributed by atoms with Gasteiger partial charge in [0.05, 0.1) is 5.02 Å². The predicted molar refractivity (Wildman–Crippen MR) is 126 cm³/mol. The molecule has 0 spiro atoms. The molecule has 0 atom stereocenters. The van der Waals surface area contributed by atoms with Gasteiger partial charge in [-0.05, 0) is 67.6 Å². The topological polar surface area (TPSA) is 70.2 Å². The van der Waals surface area contributed by atoms with Gasteiger partial charge in [0.25, 0.3) is 0 Å². The van der Waals surface area contributed by atoms with Crippen LogP contribution in [0.3, 0.4) is 0 Å². The summed E-state index contributed by atoms with van der Waals surface area (Å²) in [6, 6.07) is 13.4. The third-order valence-electron chi connectivity index (χ3n) is 5.64. The Hall–Kier alpha value is -2.77. The van der Waals surface area contributed by atoms with Crippen molar-refractivity contribution in [1.82, 2.24) is 14.8 Å². The maximum absolute atomic E-state index is 12.1. The molecular formula is C24H22ClN3O3S. The number of aryl methyl sites for hydroxylation is 2. The van der Waals surface area contributed by atoms with E-state index in [0.29, 0.717) is 34.8 Å². The number of rotatable bonds is 7. The largest absolute Gasteiger partial charge is 0.484 e. The van der Waals surface area contributed by atoms with Crippen LogP contribution in [0.15, 0.2) is 56.8 Å². The number of para-hydroxylation sites is 1. The van der Waals surface area contributed by atoms with Crippen molar-refractivity contribution in [1.29, 1.82) is 0 Å². The number of benzene rings is 2. The molecular weight excluding hydrogens is 446 g/mol. The fraction of sp³-hybridized carbons (Fsp3) is 0.292. The molecule has 1 aliphatic carbocycles. The number of hydrogen-bond acceptors (Lipinski definition) is 6. The summed E-state index contributed by atoms with van der Waals surface area (Å²) in [5, 5.41) is 11.2. The van der Waals surface area contributed by atoms with Crippen molar-refractivity contribution in [2.75, 3.05) is 0 Å². The highest BCUT2D eigenvalue weighted by Gasteiger charge is 2.30. The Balaban J connectivity index is 1.39. The molecule has 0 N–H and O–H groups in total. The Morgan fingerprint density at radius 1 is 1.16 bits per heavy atom. The SMILES string of the molecule is Cc1cc2oc(=O)cc(CSc3nnc(COc4ccccc4Cl)n3C3CC3)c2cc1C. The van der Waals surface area contributed by atoms with E-state index in [2.05, 4.69) is 27.8 Å². The van der Waals surface area contributed by atoms with Gasteiger partial charge in [-0.2, -0.15) is 0 Å². The van der Waals surface area contributed by atoms with E-state index in [1.165, 1.54) is 0 Å². The van der Waals surface area contributed by atoms with E-state index < -0.39 is 0 Å². The maximum Gasteiger partial charge on any atom is 0.336 e. The molecule has 0 unspecified atom stereocenters. The Labute approximate surface area is 194 Å². The summed E-state index contributed by atoms with van der Waals surface area (Å²) in [6.07, 6.45) is 2.20. The summed E-state index contributed by atoms with van der Waals surface area (Å²) in [5.41, 5.74) is 3.48. The highest BCUT2D eigenvalue weighted by Crippen LogP contribution is 2.40. The van der Waals surface area contributed by atoms with Gasteiger partial charge in [-0.1, -0.05) is 35.5 Å². The molecule has 6 nitrogen and oxygen atoms in total. The average Bonchev–Trinajstić information content (AvgIpc) is 3.52. The number of ether oxygens (including phenoxy) is 1. The van der Waals surface area contributed by atoms with Gasteiger partial charge in [-0.15, -0.1) is 10.2 Å². The molecule has 0 aliphatic heterocycles. The van der Waals surface area contributed by atoms with E-state index in [-0.39, 0.29) is 5.63 Å². The molecule has 1 aliphatic rings. The highest BCUT2D eigenvalue weighted by molar-refractivity contribution is 7.98. The van der Waals surface area contributed by atoms with E-state index in [0.717, 1.165) is 45.9 Å². The molecule has 2 aromatic heterocycles. The standard InChI is InChI=1S/C24H22ClN3O3S/c1-14-9-18-16(11-23(29)31-21(18)10-15(14)2)13-32-24-27-26-22(28(24)17-7-8-17)12-30-20-6-4-3-5-19(20)25/h3-6,9-11,17H,7-8,12-13H2,1-2H3. The van der Waals surface area contributed by atoms with Gasteiger partial charge in [-0.3, -0.25) is 4.57 Å². The molecule has 164 valence electrons. The lowest BCUT2D eigenvalue weighted by Gasteiger charge is -2.11. The fourth-order valence-corrected chi connectivity index (χ4v) is 4.86. The molecule has 4 aromatic rings. The van der Waals surface area contributed by atoms with Crippen molar-refractivity contribution in [3.8, 4) is 5.75 Å². The Bertz CT molecular complexity index is 1360. The van der Waals surface area contributed by atoms with Gasteiger partial charge in [-0.25, -0.2) is 4.79 Å². The second-order valence-electron chi connectivity index (χ2n) is 8.03. The number of thioether (sulfide) groups is 1. The van der Waals surface area contributed by atoms with Crippen LogP contribution in [-0.2, 0) is 12.4 Å². The van der Waals surface area contributed by atoms with Crippen molar-refractivity contribution in [2.45, 2.75) is 50.2 Å². The number of hydrogen-bond donors (Lipinski definition) is 0. The van der Waals surface area contributed by atoms with E-state index in [9.17, 15) is 4.79 Å². The van der Waals surface area contributed by atoms with Crippen molar-refractivity contribution in [3.63, 3.8) is 0 Å². The lowest BCUT2D eigenvalue weighted by molar-refractivity contribution is 0.288. The minimum atomic E-state index is -0.339. The molecule has 8 heteroatoms. The van der Waals surface area contributed by atoms with Gasteiger partial charge in [0.15, 0.2) is 11.0 Å². The quantitative estimate of drug-likeness (QED) is 0.250. The number of nitrogens with zero attached hydrogens (tertiary/aromatic N) is 3. The summed E-state index contributed by atoms with van der Waals surface area (Å²) >= 11 is 7.78. The van der Waals surface area contributed by atoms with Gasteiger partial charge in [0.2, 0.25) is 0 Å². The minimum Gasteiger partial charge on any atom is -0.484 e. The summed E-state index contributed by atoms with van der Waals surface area (Å²) in [6.45, 7) is 4.37. The molecule has 0 saturated heterocycles. The van der Waals surface area contributed by atoms with Crippen molar-refractivity contribution >= 4 is 34.3 Å². The van der Waals surface area contributed by atoms with Crippen LogP contribution in [0.4, 0.5) is 0 Å². The molecule has 32 heavy (non-hydrogen) atoms. The highest BCUT2D eigenvalue weighted by atomic mass is 35.5. The van der Waals surface area contributed by atoms with E-state index >= 15 is 0 Å². The third kappa shape index (κ3) is 4.27. The first-order valence-electron chi connectivity index (χ1n) is 10.5. The first kappa shape index (κ1) is 21.1. The zero-order valence-corrected chi connectivity index (χ0v) is 19.4. The molecule has 5 rings (SSSR count). The van der Waals surface area contributed by atoms with Gasteiger partial charge in [0, 0.05) is 23.2 Å². The monoisotopic (exact) mass is 467 g/mol. The van der Waals surface area contributed by atoms with E-state index in [1.807, 2.05) is 31.2 Å². The van der Waals surface area contributed by atoms with Crippen LogP contribution >= 0.6 is 23.4 Å². The van der Waals surface area contributed by atoms with Crippen molar-refractivity contribution in [3.05, 3.63) is 80.4 Å². The molecule has 2 heterocycles. The van der Waals surface area contributed by atoms with Crippen molar-refractivity contribution in [2.24, 2.45) is 0 Å². The molecule has 0 radical (unpaired) electrons. The smallest absolute Gasteiger partial charge is 0.336 e. The number of fused-ring (bicyclic) bond motifs is 1. The lowest BCUT2D eigenvalue weighted by atomic mass is 10.0. The fourth-order valence-electron chi connectivity index (χ4n) is 3.65. The molecule has 1 saturated carbocycles. The van der Waals surface area contributed by atoms with Gasteiger partial charge < -0.3 is 9.15 Å². The van der Waals surface area contributed by atoms with E-state index in [4.69, 9.17) is 20.8 Å². The second-order valence-corrected chi connectivity index (χ2v) is 9.38. The maximum atomic E-state index is 12.1. The van der Waals surface area contributed by atoms with Crippen LogP contribution in [0.5, 0.6) is 5.75 Å². The van der Waals surface area contributed by atoms with Crippen molar-refractivity contribution < 1.29 is 9.15 Å². The summed E-state index contributed by atoms with van der Waals surface area (Å²) in [4.78, 5) is 12.1. The first-order valence-corrected chi connectivity index (χ1v) is 11.8. The summed E-state index contributed by atoms with van der Waals surface area (Å²) in [5.74, 6) is 2.00. The van der Waals surface area contributed by atoms with Gasteiger partial charge in [0.1, 0.15) is 17.9 Å². The normalized spacial score (nSPS) is 13.6. The molecule has 0 bridgehead atoms. The van der Waals surface area contributed by atoms with Crippen LogP contribution in [0, 0.1) is 13.8 Å². The van der Waals surface area contributed by atoms with Crippen LogP contribution < -0.4 is 10.4 Å². The Morgan fingerprint density at radius 2 is 1.94 bits per heavy atom. The van der Waals surface area contributed by atoms with Gasteiger partial charge >= 0.3 is 5.63 Å². The van der Waals surface area contributed by atoms with Crippen LogP contribution in [0.2, 0.25) is 5.02 Å². The summed E-state index contributed by atoms with van der Waals surface area (Å²) < 4.78 is 13.5. The predicted octanol–water partition coefficient (Wildman–Crippen LogP) is 5.86. The zero-order chi connectivity index (χ0) is 22.2. The summed E-state index contributed by atoms with van der Waals surface area (Å²) in [7, 11) is 0. The van der Waals surface area contributed by atoms with Crippen LogP contribution in [-0.4, -0.2) is 14.8 Å². The second kappa shape index (κ2) is 8.64. The number of halogens is 1. The Kier molecular flexibility index (Phi) is 5.69. The van der Waals surface area contributed by atoms with Crippen LogP contribution in [0.25, 0.3) is 11.0 Å². The number of aromatic nitrogens is 3. The minimum absolute atomic E-state index is 0.296. The molecule has 2 aromatic carbocycles. The molecule has 1 fully saturated rings. The lowest BCUT2D eigenvalue weighted by Crippen LogP contribution is -2.07. The van der Waals surface area contributed by atoms with E-state index in [1.54, 1.807) is 23.9 Å². The van der Waals surface area contributed by atoms with Crippen LogP contribution in [0.1, 0.15) is 41.4 Å². The molecule has 0 amide bonds. The Morgan fingerprint density at radius 3 is 2.72 bits per heavy atom.